The van der Waals surface area contributed by atoms with E-state index < -0.39 is 0 Å². The Morgan fingerprint density at radius 1 is 0.920 bits per heavy atom. The molecule has 0 radical (unpaired) electrons. The van der Waals surface area contributed by atoms with Gasteiger partial charge in [0.1, 0.15) is 11.7 Å². The molecule has 3 nitrogen and oxygen atoms in total. The molecule has 0 spiro atoms. The molecular formula is C20H14Cl2N3+. The number of imidazole rings is 1. The van der Waals surface area contributed by atoms with Gasteiger partial charge >= 0.3 is 0 Å². The molecule has 0 fully saturated rings. The summed E-state index contributed by atoms with van der Waals surface area (Å²) >= 11 is 12.4. The van der Waals surface area contributed by atoms with E-state index in [9.17, 15) is 0 Å². The van der Waals surface area contributed by atoms with Crippen molar-refractivity contribution in [3.63, 3.8) is 0 Å². The van der Waals surface area contributed by atoms with Crippen LogP contribution in [-0.4, -0.2) is 8.97 Å². The fraction of sp³-hybridized carbons (Fsp3) is 0.0500. The number of rotatable bonds is 1. The topological polar surface area (TPSA) is 13.2 Å². The monoisotopic (exact) mass is 366 g/mol. The standard InChI is InChI=1S/C20H14Cl2N3/c1-23-17-5-3-2-4-14(17)15-8-9-24-12-25(11-19(24)20(15)23)18-7-6-13(21)10-16(18)22/h2-12H,1H3/q+1. The fourth-order valence-electron chi connectivity index (χ4n) is 3.61. The molecule has 122 valence electrons. The molecule has 0 N–H and O–H groups in total. The lowest BCUT2D eigenvalue weighted by Gasteiger charge is -1.98. The molecule has 3 aromatic heterocycles. The second-order valence-corrected chi connectivity index (χ2v) is 7.04. The summed E-state index contributed by atoms with van der Waals surface area (Å²) in [5.41, 5.74) is 4.46. The van der Waals surface area contributed by atoms with Crippen molar-refractivity contribution in [2.24, 2.45) is 7.05 Å². The second-order valence-electron chi connectivity index (χ2n) is 6.19. The molecule has 5 aromatic rings. The van der Waals surface area contributed by atoms with Crippen molar-refractivity contribution < 1.29 is 4.57 Å². The van der Waals surface area contributed by atoms with Crippen LogP contribution in [0.25, 0.3) is 33.0 Å². The average molecular weight is 367 g/mol. The van der Waals surface area contributed by atoms with Crippen molar-refractivity contribution in [3.8, 4) is 5.69 Å². The quantitative estimate of drug-likeness (QED) is 0.363. The van der Waals surface area contributed by atoms with Crippen LogP contribution < -0.4 is 4.57 Å². The summed E-state index contributed by atoms with van der Waals surface area (Å²) in [6.07, 6.45) is 6.22. The maximum absolute atomic E-state index is 6.39. The fourth-order valence-corrected chi connectivity index (χ4v) is 4.11. The van der Waals surface area contributed by atoms with E-state index >= 15 is 0 Å². The van der Waals surface area contributed by atoms with Crippen LogP contribution in [0.15, 0.2) is 67.3 Å². The first-order valence-electron chi connectivity index (χ1n) is 7.98. The molecule has 0 aliphatic carbocycles. The molecular weight excluding hydrogens is 353 g/mol. The molecule has 5 rings (SSSR count). The number of aromatic nitrogens is 3. The lowest BCUT2D eigenvalue weighted by molar-refractivity contribution is -0.593. The first-order chi connectivity index (χ1) is 12.1. The zero-order valence-electron chi connectivity index (χ0n) is 13.4. The van der Waals surface area contributed by atoms with Crippen LogP contribution in [-0.2, 0) is 7.05 Å². The zero-order valence-corrected chi connectivity index (χ0v) is 15.0. The largest absolute Gasteiger partial charge is 0.340 e. The van der Waals surface area contributed by atoms with Gasteiger partial charge in [0.15, 0.2) is 11.2 Å². The van der Waals surface area contributed by atoms with E-state index in [1.165, 1.54) is 21.8 Å². The van der Waals surface area contributed by atoms with E-state index in [4.69, 9.17) is 23.2 Å². The first kappa shape index (κ1) is 14.8. The lowest BCUT2D eigenvalue weighted by atomic mass is 10.2. The molecule has 25 heavy (non-hydrogen) atoms. The number of hydrogen-bond acceptors (Lipinski definition) is 0. The van der Waals surface area contributed by atoms with Gasteiger partial charge in [0.2, 0.25) is 0 Å². The van der Waals surface area contributed by atoms with Crippen molar-refractivity contribution in [1.82, 2.24) is 8.97 Å². The van der Waals surface area contributed by atoms with E-state index in [0.29, 0.717) is 10.0 Å². The number of fused-ring (bicyclic) bond motifs is 5. The summed E-state index contributed by atoms with van der Waals surface area (Å²) in [6.45, 7) is 0. The van der Waals surface area contributed by atoms with Crippen LogP contribution in [0, 0.1) is 0 Å². The number of pyridine rings is 1. The van der Waals surface area contributed by atoms with Gasteiger partial charge in [-0.25, -0.2) is 4.40 Å². The van der Waals surface area contributed by atoms with E-state index in [-0.39, 0.29) is 0 Å². The molecule has 0 saturated heterocycles. The van der Waals surface area contributed by atoms with Crippen LogP contribution >= 0.6 is 23.2 Å². The minimum absolute atomic E-state index is 0.627. The predicted molar refractivity (Wildman–Crippen MR) is 103 cm³/mol. The van der Waals surface area contributed by atoms with Gasteiger partial charge in [0, 0.05) is 28.4 Å². The molecule has 5 heteroatoms. The minimum atomic E-state index is 0.627. The van der Waals surface area contributed by atoms with Crippen molar-refractivity contribution in [2.75, 3.05) is 0 Å². The van der Waals surface area contributed by atoms with E-state index in [0.717, 1.165) is 11.2 Å². The third-order valence-electron chi connectivity index (χ3n) is 4.77. The number of hydrogen-bond donors (Lipinski definition) is 0. The SMILES string of the molecule is Cn1c2ccccc2c2ccn3c[n+](-c4ccc(Cl)cc4Cl)cc3c21. The van der Waals surface area contributed by atoms with Gasteiger partial charge in [-0.15, -0.1) is 0 Å². The van der Waals surface area contributed by atoms with Crippen LogP contribution in [0.4, 0.5) is 0 Å². The third kappa shape index (κ3) is 2.10. The highest BCUT2D eigenvalue weighted by molar-refractivity contribution is 6.35. The van der Waals surface area contributed by atoms with Gasteiger partial charge in [-0.1, -0.05) is 41.4 Å². The predicted octanol–water partition coefficient (Wildman–Crippen LogP) is 5.17. The highest BCUT2D eigenvalue weighted by atomic mass is 35.5. The number of benzene rings is 2. The molecule has 0 unspecified atom stereocenters. The third-order valence-corrected chi connectivity index (χ3v) is 5.30. The molecule has 0 saturated carbocycles. The van der Waals surface area contributed by atoms with Gasteiger partial charge in [0.05, 0.1) is 11.2 Å². The molecule has 0 amide bonds. The number of aryl methyl sites for hydroxylation is 1. The minimum Gasteiger partial charge on any atom is -0.340 e. The Labute approximate surface area is 154 Å². The average Bonchev–Trinajstić information content (AvgIpc) is 3.15. The summed E-state index contributed by atoms with van der Waals surface area (Å²) in [5.74, 6) is 0. The van der Waals surface area contributed by atoms with E-state index in [1.54, 1.807) is 6.07 Å². The normalized spacial score (nSPS) is 11.8. The smallest absolute Gasteiger partial charge is 0.254 e. The number of halogens is 2. The molecule has 0 atom stereocenters. The Kier molecular flexibility index (Phi) is 3.11. The highest BCUT2D eigenvalue weighted by Crippen LogP contribution is 2.30. The van der Waals surface area contributed by atoms with Gasteiger partial charge in [0.25, 0.3) is 6.33 Å². The lowest BCUT2D eigenvalue weighted by Crippen LogP contribution is -2.27. The van der Waals surface area contributed by atoms with Crippen LogP contribution in [0.1, 0.15) is 0 Å². The van der Waals surface area contributed by atoms with Gasteiger partial charge in [-0.05, 0) is 30.3 Å². The van der Waals surface area contributed by atoms with Crippen molar-refractivity contribution in [2.45, 2.75) is 0 Å². The van der Waals surface area contributed by atoms with E-state index in [1.807, 2.05) is 23.0 Å². The molecule has 0 aliphatic rings. The Hall–Kier alpha value is -2.49. The van der Waals surface area contributed by atoms with Gasteiger partial charge in [-0.3, -0.25) is 0 Å². The highest BCUT2D eigenvalue weighted by Gasteiger charge is 2.18. The van der Waals surface area contributed by atoms with Crippen LogP contribution in [0.3, 0.4) is 0 Å². The molecule has 3 heterocycles. The van der Waals surface area contributed by atoms with Crippen molar-refractivity contribution >= 4 is 50.5 Å². The maximum Gasteiger partial charge on any atom is 0.254 e. The molecule has 2 aromatic carbocycles. The van der Waals surface area contributed by atoms with Crippen molar-refractivity contribution in [3.05, 3.63) is 77.3 Å². The van der Waals surface area contributed by atoms with Gasteiger partial charge < -0.3 is 4.57 Å². The molecule has 0 bridgehead atoms. The summed E-state index contributed by atoms with van der Waals surface area (Å²) < 4.78 is 6.39. The summed E-state index contributed by atoms with van der Waals surface area (Å²) in [4.78, 5) is 0. The Balaban J connectivity index is 1.87. The van der Waals surface area contributed by atoms with Gasteiger partial charge in [-0.2, -0.15) is 4.57 Å². The Morgan fingerprint density at radius 2 is 1.76 bits per heavy atom. The number of para-hydroxylation sites is 1. The second kappa shape index (κ2) is 5.25. The van der Waals surface area contributed by atoms with Crippen molar-refractivity contribution in [1.29, 1.82) is 0 Å². The summed E-state index contributed by atoms with van der Waals surface area (Å²) in [5, 5.41) is 3.77. The first-order valence-corrected chi connectivity index (χ1v) is 8.73. The van der Waals surface area contributed by atoms with Crippen LogP contribution in [0.2, 0.25) is 10.0 Å². The maximum atomic E-state index is 6.39. The molecule has 0 aliphatic heterocycles. The number of nitrogens with zero attached hydrogens (tertiary/aromatic N) is 3. The van der Waals surface area contributed by atoms with E-state index in [2.05, 4.69) is 58.7 Å². The van der Waals surface area contributed by atoms with Crippen LogP contribution in [0.5, 0.6) is 0 Å². The Bertz CT molecular complexity index is 1280. The summed E-state index contributed by atoms with van der Waals surface area (Å²) in [6, 6.07) is 16.2. The Morgan fingerprint density at radius 3 is 2.60 bits per heavy atom. The summed E-state index contributed by atoms with van der Waals surface area (Å²) in [7, 11) is 2.11. The zero-order chi connectivity index (χ0) is 17.1.